The van der Waals surface area contributed by atoms with E-state index in [4.69, 9.17) is 14.2 Å². The molecule has 0 saturated heterocycles. The van der Waals surface area contributed by atoms with Crippen LogP contribution in [0.5, 0.6) is 17.2 Å². The van der Waals surface area contributed by atoms with Crippen LogP contribution in [-0.4, -0.2) is 24.6 Å². The topological polar surface area (TPSA) is 69.7 Å². The highest BCUT2D eigenvalue weighted by Crippen LogP contribution is 2.36. The lowest BCUT2D eigenvalue weighted by atomic mass is 10.1. The number of hydrogen-bond acceptors (Lipinski definition) is 6. The molecular weight excluding hydrogens is 433 g/mol. The smallest absolute Gasteiger partial charge is 0.416 e. The van der Waals surface area contributed by atoms with Gasteiger partial charge in [-0.25, -0.2) is 4.98 Å². The molecular formula is C21H19F3N2O4S. The van der Waals surface area contributed by atoms with E-state index in [1.807, 2.05) is 5.38 Å². The first-order valence-corrected chi connectivity index (χ1v) is 10.1. The maximum Gasteiger partial charge on any atom is 0.416 e. The summed E-state index contributed by atoms with van der Waals surface area (Å²) in [5, 5.41) is 4.33. The van der Waals surface area contributed by atoms with Gasteiger partial charge in [0.25, 0.3) is 5.91 Å². The van der Waals surface area contributed by atoms with Gasteiger partial charge >= 0.3 is 6.18 Å². The van der Waals surface area contributed by atoms with Crippen LogP contribution in [0.2, 0.25) is 0 Å². The van der Waals surface area contributed by atoms with Gasteiger partial charge in [0.05, 0.1) is 36.2 Å². The van der Waals surface area contributed by atoms with Crippen molar-refractivity contribution in [3.05, 3.63) is 64.1 Å². The fourth-order valence-corrected chi connectivity index (χ4v) is 3.21. The number of carbonyl (C=O) groups is 1. The molecule has 3 aromatic rings. The first-order valence-electron chi connectivity index (χ1n) is 9.15. The minimum Gasteiger partial charge on any atom is -0.493 e. The molecule has 1 N–H and O–H groups in total. The Hall–Kier alpha value is -3.27. The highest BCUT2D eigenvalue weighted by Gasteiger charge is 2.31. The summed E-state index contributed by atoms with van der Waals surface area (Å²) in [7, 11) is 1.42. The van der Waals surface area contributed by atoms with E-state index >= 15 is 0 Å². The van der Waals surface area contributed by atoms with E-state index in [9.17, 15) is 18.0 Å². The van der Waals surface area contributed by atoms with Gasteiger partial charge in [-0.1, -0.05) is 0 Å². The first kappa shape index (κ1) is 22.4. The molecule has 0 atom stereocenters. The molecule has 3 rings (SSSR count). The lowest BCUT2D eigenvalue weighted by Crippen LogP contribution is -2.15. The Labute approximate surface area is 180 Å². The first-order chi connectivity index (χ1) is 14.8. The molecule has 31 heavy (non-hydrogen) atoms. The number of nitrogens with one attached hydrogen (secondary N) is 1. The maximum atomic E-state index is 13.1. The summed E-state index contributed by atoms with van der Waals surface area (Å²) in [5.41, 5.74) is 1.65. The number of alkyl halides is 3. The third-order valence-corrected chi connectivity index (χ3v) is 4.78. The second kappa shape index (κ2) is 9.69. The van der Waals surface area contributed by atoms with E-state index in [1.54, 1.807) is 18.5 Å². The Kier molecular flexibility index (Phi) is 7.01. The molecule has 6 nitrogen and oxygen atoms in total. The van der Waals surface area contributed by atoms with Crippen molar-refractivity contribution in [3.63, 3.8) is 0 Å². The molecule has 1 heterocycles. The summed E-state index contributed by atoms with van der Waals surface area (Å²) >= 11 is 1.44. The quantitative estimate of drug-likeness (QED) is 0.496. The average Bonchev–Trinajstić information content (AvgIpc) is 3.26. The van der Waals surface area contributed by atoms with Crippen LogP contribution in [0.15, 0.2) is 47.3 Å². The van der Waals surface area contributed by atoms with Crippen LogP contribution in [0.25, 0.3) is 0 Å². The van der Waals surface area contributed by atoms with Crippen LogP contribution in [0, 0.1) is 0 Å². The van der Waals surface area contributed by atoms with E-state index in [0.717, 1.165) is 17.8 Å². The number of aromatic nitrogens is 1. The zero-order valence-electron chi connectivity index (χ0n) is 16.7. The van der Waals surface area contributed by atoms with Crippen LogP contribution < -0.4 is 19.5 Å². The van der Waals surface area contributed by atoms with Crippen molar-refractivity contribution >= 4 is 22.9 Å². The molecule has 0 saturated carbocycles. The number of benzene rings is 2. The molecule has 0 aliphatic carbocycles. The summed E-state index contributed by atoms with van der Waals surface area (Å²) in [4.78, 5) is 16.8. The van der Waals surface area contributed by atoms with Crippen molar-refractivity contribution < 1.29 is 32.2 Å². The fraction of sp³-hybridized carbons (Fsp3) is 0.238. The Balaban J connectivity index is 1.81. The molecule has 1 amide bonds. The van der Waals surface area contributed by atoms with Crippen molar-refractivity contribution in [1.82, 2.24) is 4.98 Å². The molecule has 164 valence electrons. The van der Waals surface area contributed by atoms with Crippen molar-refractivity contribution in [3.8, 4) is 17.2 Å². The SMILES string of the molecule is CCOc1ccc(C(F)(F)F)cc1NC(=O)c1ccc(OCc2cscn2)c(OC)c1. The van der Waals surface area contributed by atoms with Crippen LogP contribution in [0.1, 0.15) is 28.5 Å². The predicted octanol–water partition coefficient (Wildman–Crippen LogP) is 5.40. The summed E-state index contributed by atoms with van der Waals surface area (Å²) < 4.78 is 55.5. The normalized spacial score (nSPS) is 11.1. The van der Waals surface area contributed by atoms with E-state index in [0.29, 0.717) is 11.5 Å². The van der Waals surface area contributed by atoms with Gasteiger partial charge in [0.2, 0.25) is 0 Å². The van der Waals surface area contributed by atoms with E-state index in [-0.39, 0.29) is 30.2 Å². The molecule has 0 unspecified atom stereocenters. The summed E-state index contributed by atoms with van der Waals surface area (Å²) in [6.07, 6.45) is -4.55. The van der Waals surface area contributed by atoms with Crippen molar-refractivity contribution in [2.45, 2.75) is 19.7 Å². The summed E-state index contributed by atoms with van der Waals surface area (Å²) in [6.45, 7) is 2.15. The number of hydrogen-bond donors (Lipinski definition) is 1. The van der Waals surface area contributed by atoms with Crippen molar-refractivity contribution in [2.24, 2.45) is 0 Å². The van der Waals surface area contributed by atoms with E-state index in [1.165, 1.54) is 36.6 Å². The second-order valence-corrected chi connectivity index (χ2v) is 6.95. The van der Waals surface area contributed by atoms with Crippen LogP contribution >= 0.6 is 11.3 Å². The van der Waals surface area contributed by atoms with Crippen LogP contribution in [-0.2, 0) is 12.8 Å². The number of ether oxygens (including phenoxy) is 3. The third-order valence-electron chi connectivity index (χ3n) is 4.14. The number of rotatable bonds is 8. The Morgan fingerprint density at radius 2 is 1.87 bits per heavy atom. The van der Waals surface area contributed by atoms with E-state index < -0.39 is 17.6 Å². The lowest BCUT2D eigenvalue weighted by molar-refractivity contribution is -0.137. The van der Waals surface area contributed by atoms with Gasteiger partial charge in [-0.15, -0.1) is 11.3 Å². The average molecular weight is 452 g/mol. The Bertz CT molecular complexity index is 1040. The highest BCUT2D eigenvalue weighted by atomic mass is 32.1. The molecule has 1 aromatic heterocycles. The van der Waals surface area contributed by atoms with Gasteiger partial charge in [-0.05, 0) is 43.3 Å². The van der Waals surface area contributed by atoms with Gasteiger partial charge in [-0.2, -0.15) is 13.2 Å². The van der Waals surface area contributed by atoms with Gasteiger partial charge in [0.15, 0.2) is 11.5 Å². The Morgan fingerprint density at radius 1 is 1.10 bits per heavy atom. The number of anilines is 1. The fourth-order valence-electron chi connectivity index (χ4n) is 2.67. The molecule has 0 radical (unpaired) electrons. The third kappa shape index (κ3) is 5.66. The summed E-state index contributed by atoms with van der Waals surface area (Å²) in [5.74, 6) is 0.224. The zero-order chi connectivity index (χ0) is 22.4. The molecule has 0 fully saturated rings. The molecule has 10 heteroatoms. The van der Waals surface area contributed by atoms with Gasteiger partial charge < -0.3 is 19.5 Å². The molecule has 2 aromatic carbocycles. The van der Waals surface area contributed by atoms with Gasteiger partial charge in [0, 0.05) is 10.9 Å². The second-order valence-electron chi connectivity index (χ2n) is 6.23. The van der Waals surface area contributed by atoms with Crippen LogP contribution in [0.3, 0.4) is 0 Å². The number of nitrogens with zero attached hydrogens (tertiary/aromatic N) is 1. The van der Waals surface area contributed by atoms with E-state index in [2.05, 4.69) is 10.3 Å². The largest absolute Gasteiger partial charge is 0.493 e. The minimum atomic E-state index is -4.55. The van der Waals surface area contributed by atoms with Crippen molar-refractivity contribution in [2.75, 3.05) is 19.0 Å². The minimum absolute atomic E-state index is 0.0792. The lowest BCUT2D eigenvalue weighted by Gasteiger charge is -2.15. The van der Waals surface area contributed by atoms with Gasteiger partial charge in [0.1, 0.15) is 12.4 Å². The number of carbonyl (C=O) groups excluding carboxylic acids is 1. The number of amides is 1. The van der Waals surface area contributed by atoms with Gasteiger partial charge in [-0.3, -0.25) is 4.79 Å². The number of methoxy groups -OCH3 is 1. The van der Waals surface area contributed by atoms with Crippen molar-refractivity contribution in [1.29, 1.82) is 0 Å². The predicted molar refractivity (Wildman–Crippen MR) is 110 cm³/mol. The summed E-state index contributed by atoms with van der Waals surface area (Å²) in [6, 6.07) is 7.40. The monoisotopic (exact) mass is 452 g/mol. The highest BCUT2D eigenvalue weighted by molar-refractivity contribution is 7.07. The Morgan fingerprint density at radius 3 is 2.52 bits per heavy atom. The number of halogens is 3. The number of thiazole rings is 1. The molecule has 0 aliphatic heterocycles. The zero-order valence-corrected chi connectivity index (χ0v) is 17.5. The molecule has 0 bridgehead atoms. The molecule has 0 aliphatic rings. The van der Waals surface area contributed by atoms with Crippen LogP contribution in [0.4, 0.5) is 18.9 Å². The standard InChI is InChI=1S/C21H19F3N2O4S/c1-3-29-17-7-5-14(21(22,23)24)9-16(17)26-20(27)13-4-6-18(19(8-13)28-2)30-10-15-11-31-12-25-15/h4-9,11-12H,3,10H2,1-2H3,(H,26,27). The molecule has 0 spiro atoms. The maximum absolute atomic E-state index is 13.1.